The van der Waals surface area contributed by atoms with Gasteiger partial charge in [-0.3, -0.25) is 14.9 Å². The second-order valence-corrected chi connectivity index (χ2v) is 5.77. The van der Waals surface area contributed by atoms with Gasteiger partial charge in [0.25, 0.3) is 0 Å². The van der Waals surface area contributed by atoms with Crippen LogP contribution in [-0.2, 0) is 4.79 Å². The van der Waals surface area contributed by atoms with E-state index < -0.39 is 10.9 Å². The topological polar surface area (TPSA) is 110 Å². The number of aliphatic carboxylic acids is 1. The Hall–Kier alpha value is -2.12. The lowest BCUT2D eigenvalue weighted by molar-refractivity contribution is -0.384. The lowest BCUT2D eigenvalue weighted by Gasteiger charge is -2.16. The maximum absolute atomic E-state index is 11.2. The van der Waals surface area contributed by atoms with Crippen LogP contribution in [-0.4, -0.2) is 31.8 Å². The summed E-state index contributed by atoms with van der Waals surface area (Å²) in [5.74, 6) is -0.802. The molecule has 2 atom stereocenters. The number of nitro groups is 1. The van der Waals surface area contributed by atoms with Gasteiger partial charge in [-0.25, -0.2) is 4.68 Å². The summed E-state index contributed by atoms with van der Waals surface area (Å²) in [5.41, 5.74) is 0.339. The standard InChI is InChI=1S/C13H20N4O4/c1-7(2)16-12(11(17(20)21)8(3)15-16)14-10-5-4-9(6-10)13(18)19/h7,9-10,14H,4-6H2,1-3H3,(H,18,19). The molecule has 2 unspecified atom stereocenters. The summed E-state index contributed by atoms with van der Waals surface area (Å²) in [4.78, 5) is 21.8. The van der Waals surface area contributed by atoms with E-state index in [0.717, 1.165) is 0 Å². The zero-order valence-electron chi connectivity index (χ0n) is 12.4. The number of anilines is 1. The minimum atomic E-state index is -0.803. The fourth-order valence-electron chi connectivity index (χ4n) is 2.80. The first kappa shape index (κ1) is 15.3. The van der Waals surface area contributed by atoms with Crippen LogP contribution < -0.4 is 5.32 Å². The largest absolute Gasteiger partial charge is 0.481 e. The highest BCUT2D eigenvalue weighted by Gasteiger charge is 2.33. The van der Waals surface area contributed by atoms with Gasteiger partial charge in [-0.1, -0.05) is 0 Å². The Kier molecular flexibility index (Phi) is 4.15. The van der Waals surface area contributed by atoms with E-state index in [9.17, 15) is 14.9 Å². The molecule has 0 radical (unpaired) electrons. The van der Waals surface area contributed by atoms with E-state index >= 15 is 0 Å². The Morgan fingerprint density at radius 1 is 1.52 bits per heavy atom. The molecule has 8 heteroatoms. The minimum Gasteiger partial charge on any atom is -0.481 e. The van der Waals surface area contributed by atoms with Gasteiger partial charge >= 0.3 is 11.7 Å². The number of hydrogen-bond acceptors (Lipinski definition) is 5. The molecule has 116 valence electrons. The van der Waals surface area contributed by atoms with E-state index in [2.05, 4.69) is 10.4 Å². The summed E-state index contributed by atoms with van der Waals surface area (Å²) in [7, 11) is 0. The summed E-state index contributed by atoms with van der Waals surface area (Å²) in [6, 6.07) is -0.0880. The van der Waals surface area contributed by atoms with Crippen LogP contribution in [0.15, 0.2) is 0 Å². The molecule has 1 aliphatic carbocycles. The van der Waals surface area contributed by atoms with Gasteiger partial charge in [0.15, 0.2) is 0 Å². The van der Waals surface area contributed by atoms with Gasteiger partial charge in [-0.05, 0) is 40.0 Å². The van der Waals surface area contributed by atoms with E-state index in [0.29, 0.717) is 30.8 Å². The normalized spacial score (nSPS) is 21.7. The van der Waals surface area contributed by atoms with Gasteiger partial charge in [0.1, 0.15) is 5.69 Å². The third-order valence-corrected chi connectivity index (χ3v) is 3.85. The molecule has 0 aromatic carbocycles. The van der Waals surface area contributed by atoms with Crippen LogP contribution in [0.4, 0.5) is 11.5 Å². The first-order valence-electron chi connectivity index (χ1n) is 7.04. The van der Waals surface area contributed by atoms with Crippen molar-refractivity contribution >= 4 is 17.5 Å². The van der Waals surface area contributed by atoms with Crippen LogP contribution in [0.1, 0.15) is 44.8 Å². The van der Waals surface area contributed by atoms with Crippen LogP contribution in [0, 0.1) is 23.0 Å². The number of nitrogens with zero attached hydrogens (tertiary/aromatic N) is 3. The van der Waals surface area contributed by atoms with Crippen molar-refractivity contribution in [3.8, 4) is 0 Å². The van der Waals surface area contributed by atoms with Crippen LogP contribution in [0.2, 0.25) is 0 Å². The second-order valence-electron chi connectivity index (χ2n) is 5.77. The molecule has 1 saturated carbocycles. The third-order valence-electron chi connectivity index (χ3n) is 3.85. The first-order chi connectivity index (χ1) is 9.81. The number of hydrogen-bond donors (Lipinski definition) is 2. The quantitative estimate of drug-likeness (QED) is 0.637. The average molecular weight is 296 g/mol. The predicted octanol–water partition coefficient (Wildman–Crippen LogP) is 2.35. The second kappa shape index (κ2) is 5.71. The molecule has 21 heavy (non-hydrogen) atoms. The molecule has 2 rings (SSSR count). The Balaban J connectivity index is 2.27. The predicted molar refractivity (Wildman–Crippen MR) is 76.4 cm³/mol. The number of rotatable bonds is 5. The highest BCUT2D eigenvalue weighted by Crippen LogP contribution is 2.34. The minimum absolute atomic E-state index is 0.0171. The molecule has 1 aromatic rings. The molecule has 1 aromatic heterocycles. The lowest BCUT2D eigenvalue weighted by atomic mass is 10.1. The summed E-state index contributed by atoms with van der Waals surface area (Å²) in [6.45, 7) is 5.41. The Morgan fingerprint density at radius 2 is 2.19 bits per heavy atom. The smallest absolute Gasteiger partial charge is 0.333 e. The summed E-state index contributed by atoms with van der Waals surface area (Å²) >= 11 is 0. The number of aryl methyl sites for hydroxylation is 1. The Morgan fingerprint density at radius 3 is 2.67 bits per heavy atom. The maximum Gasteiger partial charge on any atom is 0.333 e. The van der Waals surface area contributed by atoms with E-state index in [4.69, 9.17) is 5.11 Å². The van der Waals surface area contributed by atoms with E-state index in [-0.39, 0.29) is 23.7 Å². The van der Waals surface area contributed by atoms with Crippen LogP contribution in [0.25, 0.3) is 0 Å². The fourth-order valence-corrected chi connectivity index (χ4v) is 2.80. The first-order valence-corrected chi connectivity index (χ1v) is 7.04. The van der Waals surface area contributed by atoms with Gasteiger partial charge < -0.3 is 10.4 Å². The molecule has 1 fully saturated rings. The number of carboxylic acids is 1. The summed E-state index contributed by atoms with van der Waals surface area (Å²) < 4.78 is 1.60. The third kappa shape index (κ3) is 2.98. The van der Waals surface area contributed by atoms with Gasteiger partial charge in [-0.2, -0.15) is 5.10 Å². The van der Waals surface area contributed by atoms with Crippen LogP contribution >= 0.6 is 0 Å². The van der Waals surface area contributed by atoms with Crippen molar-refractivity contribution in [2.24, 2.45) is 5.92 Å². The van der Waals surface area contributed by atoms with Crippen molar-refractivity contribution in [1.29, 1.82) is 0 Å². The van der Waals surface area contributed by atoms with Crippen molar-refractivity contribution in [1.82, 2.24) is 9.78 Å². The fraction of sp³-hybridized carbons (Fsp3) is 0.692. The monoisotopic (exact) mass is 296 g/mol. The molecule has 2 N–H and O–H groups in total. The maximum atomic E-state index is 11.2. The van der Waals surface area contributed by atoms with Gasteiger partial charge in [0.05, 0.1) is 10.8 Å². The van der Waals surface area contributed by atoms with Crippen LogP contribution in [0.5, 0.6) is 0 Å². The van der Waals surface area contributed by atoms with Crippen molar-refractivity contribution in [2.75, 3.05) is 5.32 Å². The molecule has 0 bridgehead atoms. The Bertz CT molecular complexity index is 567. The van der Waals surface area contributed by atoms with E-state index in [1.807, 2.05) is 13.8 Å². The van der Waals surface area contributed by atoms with Gasteiger partial charge in [-0.15, -0.1) is 0 Å². The molecular formula is C13H20N4O4. The number of aromatic nitrogens is 2. The molecule has 0 saturated heterocycles. The van der Waals surface area contributed by atoms with Crippen molar-refractivity contribution < 1.29 is 14.8 Å². The summed E-state index contributed by atoms with van der Waals surface area (Å²) in [5, 5.41) is 27.6. The lowest BCUT2D eigenvalue weighted by Crippen LogP contribution is -2.21. The zero-order valence-corrected chi connectivity index (χ0v) is 12.4. The summed E-state index contributed by atoms with van der Waals surface area (Å²) in [6.07, 6.45) is 1.76. The Labute approximate surface area is 122 Å². The van der Waals surface area contributed by atoms with E-state index in [1.54, 1.807) is 11.6 Å². The highest BCUT2D eigenvalue weighted by molar-refractivity contribution is 5.70. The van der Waals surface area contributed by atoms with Gasteiger partial charge in [0, 0.05) is 12.1 Å². The molecule has 1 aliphatic rings. The highest BCUT2D eigenvalue weighted by atomic mass is 16.6. The van der Waals surface area contributed by atoms with Crippen molar-refractivity contribution in [3.63, 3.8) is 0 Å². The SMILES string of the molecule is Cc1nn(C(C)C)c(NC2CCC(C(=O)O)C2)c1[N+](=O)[O-]. The molecule has 1 heterocycles. The molecular weight excluding hydrogens is 276 g/mol. The van der Waals surface area contributed by atoms with Crippen molar-refractivity contribution in [2.45, 2.75) is 52.1 Å². The zero-order chi connectivity index (χ0) is 15.7. The number of carbonyl (C=O) groups is 1. The molecule has 0 amide bonds. The number of nitrogens with one attached hydrogen (secondary N) is 1. The molecule has 0 aliphatic heterocycles. The molecule has 0 spiro atoms. The van der Waals surface area contributed by atoms with Crippen molar-refractivity contribution in [3.05, 3.63) is 15.8 Å². The van der Waals surface area contributed by atoms with Crippen LogP contribution in [0.3, 0.4) is 0 Å². The van der Waals surface area contributed by atoms with Gasteiger partial charge in [0.2, 0.25) is 5.82 Å². The average Bonchev–Trinajstić information content (AvgIpc) is 2.94. The number of carboxylic acid groups (broad SMARTS) is 1. The molecule has 8 nitrogen and oxygen atoms in total. The van der Waals surface area contributed by atoms with E-state index in [1.165, 1.54) is 0 Å².